The largest absolute Gasteiger partial charge is 2.00 e. The Balaban J connectivity index is -0.000000413. The number of hydrogen-bond acceptors (Lipinski definition) is 10. The second kappa shape index (κ2) is 17.4. The molecule has 0 aliphatic heterocycles. The number of carbonyl (C=O) groups excluding carboxylic acids is 1. The molecule has 2 aromatic rings. The quantitative estimate of drug-likeness (QED) is 0.163. The van der Waals surface area contributed by atoms with Gasteiger partial charge in [0.1, 0.15) is 18.1 Å². The fraction of sp³-hybridized carbons (Fsp3) is 0.412. The van der Waals surface area contributed by atoms with Crippen LogP contribution in [0.5, 0.6) is 0 Å². The molecule has 0 aliphatic rings. The molecule has 2 aromatic heterocycles. The van der Waals surface area contributed by atoms with Gasteiger partial charge in [0.15, 0.2) is 0 Å². The number of carboxylic acids is 4. The molecule has 0 saturated carbocycles. The number of rotatable bonds is 10. The Morgan fingerprint density at radius 1 is 0.848 bits per heavy atom. The van der Waals surface area contributed by atoms with E-state index in [9.17, 15) is 24.3 Å². The zero-order valence-electron chi connectivity index (χ0n) is 18.5. The van der Waals surface area contributed by atoms with Gasteiger partial charge in [-0.15, -0.1) is 0 Å². The van der Waals surface area contributed by atoms with Gasteiger partial charge in [-0.25, -0.2) is 0 Å². The number of nitrogens with two attached hydrogens (primary N) is 3. The van der Waals surface area contributed by atoms with Gasteiger partial charge in [0.2, 0.25) is 0 Å². The number of hydrogen-bond donors (Lipinski definition) is 6. The predicted octanol–water partition coefficient (Wildman–Crippen LogP) is -3.98. The SMILES string of the molecule is N[C@@H](CCC(=O)[O-])C(=O)O.N[C@@H](Cc1c[n-]cn1)C(=O)O.N[C@@H](Cc1c[n-]cn1)C(=O)O.[H+].[Zn+2]. The zero-order valence-corrected chi connectivity index (χ0v) is 20.4. The Labute approximate surface area is 202 Å². The van der Waals surface area contributed by atoms with Crippen molar-refractivity contribution in [2.45, 2.75) is 43.8 Å². The number of aliphatic carboxylic acids is 4. The summed E-state index contributed by atoms with van der Waals surface area (Å²) in [5.41, 5.74) is 16.7. The van der Waals surface area contributed by atoms with E-state index in [1.54, 1.807) is 0 Å². The molecular weight excluding hydrogens is 496 g/mol. The molecular formula is C17H25N7O8Zn. The van der Waals surface area contributed by atoms with Crippen LogP contribution in [0.3, 0.4) is 0 Å². The van der Waals surface area contributed by atoms with Crippen molar-refractivity contribution in [1.82, 2.24) is 19.9 Å². The van der Waals surface area contributed by atoms with Crippen LogP contribution < -0.4 is 32.3 Å². The van der Waals surface area contributed by atoms with Crippen LogP contribution in [0.4, 0.5) is 0 Å². The minimum absolute atomic E-state index is 0. The van der Waals surface area contributed by atoms with E-state index in [0.29, 0.717) is 11.4 Å². The molecule has 0 fully saturated rings. The van der Waals surface area contributed by atoms with Crippen molar-refractivity contribution in [3.8, 4) is 0 Å². The van der Waals surface area contributed by atoms with E-state index in [2.05, 4.69) is 19.9 Å². The summed E-state index contributed by atoms with van der Waals surface area (Å²) in [6.07, 6.45) is 5.80. The number of imidazole rings is 2. The molecule has 3 atom stereocenters. The maximum Gasteiger partial charge on any atom is 2.00 e. The first-order valence-corrected chi connectivity index (χ1v) is 8.92. The molecule has 16 heteroatoms. The van der Waals surface area contributed by atoms with Gasteiger partial charge in [0, 0.05) is 5.97 Å². The van der Waals surface area contributed by atoms with Gasteiger partial charge < -0.3 is 62.4 Å². The van der Waals surface area contributed by atoms with E-state index >= 15 is 0 Å². The number of nitrogens with zero attached hydrogens (tertiary/aromatic N) is 4. The standard InChI is InChI=1S/2C6H9N3O2.C5H9NO4.Zn/c2*7-5(6(10)11)1-4-2-8-3-9-4;6-3(5(9)10)1-2-4(7)8;/h2*2-3,5H,1,7H2,(H2,8,9,10,11);3H,1-2,6H2,(H,7,8)(H,9,10);/q;;;+2/p-2/t2*5-;3-;/m000./s1. The molecule has 15 nitrogen and oxygen atoms in total. The van der Waals surface area contributed by atoms with Crippen LogP contribution in [-0.2, 0) is 51.5 Å². The van der Waals surface area contributed by atoms with Crippen molar-refractivity contribution < 1.29 is 60.5 Å². The Bertz CT molecular complexity index is 787. The van der Waals surface area contributed by atoms with Crippen LogP contribution in [0.15, 0.2) is 25.0 Å². The Morgan fingerprint density at radius 2 is 1.21 bits per heavy atom. The summed E-state index contributed by atoms with van der Waals surface area (Å²) >= 11 is 0. The first-order chi connectivity index (χ1) is 14.9. The Kier molecular flexibility index (Phi) is 16.8. The van der Waals surface area contributed by atoms with Crippen LogP contribution in [0.25, 0.3) is 0 Å². The molecule has 0 aliphatic carbocycles. The summed E-state index contributed by atoms with van der Waals surface area (Å²) < 4.78 is 0. The fourth-order valence-corrected chi connectivity index (χ4v) is 1.75. The summed E-state index contributed by atoms with van der Waals surface area (Å²) in [6, 6.07) is -2.86. The smallest absolute Gasteiger partial charge is 0.550 e. The number of aromatic nitrogens is 4. The third-order valence-corrected chi connectivity index (χ3v) is 3.50. The normalized spacial score (nSPS) is 12.3. The van der Waals surface area contributed by atoms with Gasteiger partial charge >= 0.3 is 38.8 Å². The average Bonchev–Trinajstić information content (AvgIpc) is 3.41. The van der Waals surface area contributed by atoms with Crippen LogP contribution in [0.1, 0.15) is 25.7 Å². The fourth-order valence-electron chi connectivity index (χ4n) is 1.75. The van der Waals surface area contributed by atoms with Crippen LogP contribution in [0, 0.1) is 0 Å². The van der Waals surface area contributed by atoms with Gasteiger partial charge in [0.25, 0.3) is 0 Å². The van der Waals surface area contributed by atoms with Crippen molar-refractivity contribution in [1.29, 1.82) is 0 Å². The molecule has 178 valence electrons. The second-order valence-corrected chi connectivity index (χ2v) is 6.18. The van der Waals surface area contributed by atoms with Crippen LogP contribution >= 0.6 is 0 Å². The summed E-state index contributed by atoms with van der Waals surface area (Å²) in [5.74, 6) is -4.51. The van der Waals surface area contributed by atoms with Crippen LogP contribution in [-0.4, -0.2) is 67.3 Å². The Hall–Kier alpha value is -3.20. The van der Waals surface area contributed by atoms with Crippen molar-refractivity contribution in [2.24, 2.45) is 17.2 Å². The summed E-state index contributed by atoms with van der Waals surface area (Å²) in [4.78, 5) is 55.2. The molecule has 0 aromatic carbocycles. The zero-order chi connectivity index (χ0) is 24.7. The topological polar surface area (TPSA) is 284 Å². The average molecular weight is 521 g/mol. The maximum atomic E-state index is 10.3. The summed E-state index contributed by atoms with van der Waals surface area (Å²) in [7, 11) is 0. The van der Waals surface area contributed by atoms with E-state index < -0.39 is 42.0 Å². The summed E-state index contributed by atoms with van der Waals surface area (Å²) in [5, 5.41) is 34.7. The molecule has 0 spiro atoms. The third-order valence-electron chi connectivity index (χ3n) is 3.50. The van der Waals surface area contributed by atoms with Gasteiger partial charge in [-0.2, -0.15) is 0 Å². The van der Waals surface area contributed by atoms with Gasteiger partial charge in [-0.05, 0) is 25.7 Å². The molecule has 2 heterocycles. The third kappa shape index (κ3) is 16.1. The van der Waals surface area contributed by atoms with Crippen LogP contribution in [0.2, 0.25) is 0 Å². The first kappa shape index (κ1) is 32.0. The van der Waals surface area contributed by atoms with Crippen molar-refractivity contribution >= 4 is 23.9 Å². The molecule has 2 rings (SSSR count). The molecule has 0 radical (unpaired) electrons. The molecule has 33 heavy (non-hydrogen) atoms. The minimum atomic E-state index is -1.28. The Morgan fingerprint density at radius 3 is 1.45 bits per heavy atom. The monoisotopic (exact) mass is 519 g/mol. The van der Waals surface area contributed by atoms with Crippen molar-refractivity contribution in [3.05, 3.63) is 36.4 Å². The van der Waals surface area contributed by atoms with E-state index in [-0.39, 0.29) is 46.6 Å². The molecule has 9 N–H and O–H groups in total. The summed E-state index contributed by atoms with van der Waals surface area (Å²) in [6.45, 7) is 0. The number of carboxylic acid groups (broad SMARTS) is 4. The molecule has 0 unspecified atom stereocenters. The molecule has 0 saturated heterocycles. The minimum Gasteiger partial charge on any atom is -0.550 e. The van der Waals surface area contributed by atoms with E-state index in [0.717, 1.165) is 0 Å². The van der Waals surface area contributed by atoms with Crippen molar-refractivity contribution in [2.75, 3.05) is 0 Å². The van der Waals surface area contributed by atoms with Gasteiger partial charge in [0.05, 0.1) is 0 Å². The predicted molar refractivity (Wildman–Crippen MR) is 105 cm³/mol. The van der Waals surface area contributed by atoms with Gasteiger partial charge in [-0.3, -0.25) is 14.4 Å². The molecule has 0 amide bonds. The van der Waals surface area contributed by atoms with Gasteiger partial charge in [-0.1, -0.05) is 36.4 Å². The van der Waals surface area contributed by atoms with E-state index in [4.69, 9.17) is 32.5 Å². The van der Waals surface area contributed by atoms with E-state index in [1.165, 1.54) is 25.0 Å². The maximum absolute atomic E-state index is 10.3. The second-order valence-electron chi connectivity index (χ2n) is 6.18. The first-order valence-electron chi connectivity index (χ1n) is 8.92. The van der Waals surface area contributed by atoms with Crippen molar-refractivity contribution in [3.63, 3.8) is 0 Å². The number of carbonyl (C=O) groups is 4. The molecule has 0 bridgehead atoms. The van der Waals surface area contributed by atoms with E-state index in [1.807, 2.05) is 0 Å².